The summed E-state index contributed by atoms with van der Waals surface area (Å²) in [6.45, 7) is 8.22. The summed E-state index contributed by atoms with van der Waals surface area (Å²) >= 11 is 0. The fraction of sp³-hybridized carbons (Fsp3) is 0.231. The predicted molar refractivity (Wildman–Crippen MR) is 216 cm³/mol. The summed E-state index contributed by atoms with van der Waals surface area (Å²) < 4.78 is 52.2. The highest BCUT2D eigenvalue weighted by Crippen LogP contribution is 2.30. The molecule has 0 unspecified atom stereocenters. The van der Waals surface area contributed by atoms with Crippen molar-refractivity contribution in [1.29, 1.82) is 5.41 Å². The lowest BCUT2D eigenvalue weighted by atomic mass is 10.0. The van der Waals surface area contributed by atoms with E-state index in [4.69, 9.17) is 24.1 Å². The van der Waals surface area contributed by atoms with E-state index in [0.717, 1.165) is 58.4 Å². The molecule has 0 radical (unpaired) electrons. The first-order valence-electron chi connectivity index (χ1n) is 16.2. The molecule has 6 aromatic rings. The minimum absolute atomic E-state index is 0. The zero-order chi connectivity index (χ0) is 40.2. The van der Waals surface area contributed by atoms with Crippen LogP contribution >= 0.6 is 0 Å². The van der Waals surface area contributed by atoms with E-state index < -0.39 is 20.2 Å². The lowest BCUT2D eigenvalue weighted by molar-refractivity contribution is 0.403. The van der Waals surface area contributed by atoms with Crippen molar-refractivity contribution in [3.63, 3.8) is 0 Å². The number of hydrogen-bond acceptors (Lipinski definition) is 13. The highest BCUT2D eigenvalue weighted by molar-refractivity contribution is 7.86. The smallest absolute Gasteiger partial charge is 0.264 e. The Hall–Kier alpha value is -5.68. The van der Waals surface area contributed by atoms with Gasteiger partial charge >= 0.3 is 0 Å². The summed E-state index contributed by atoms with van der Waals surface area (Å²) in [5.41, 5.74) is 17.6. The number of aryl methyl sites for hydroxylation is 5. The lowest BCUT2D eigenvalue weighted by Crippen LogP contribution is -2.24. The van der Waals surface area contributed by atoms with Crippen LogP contribution in [0.25, 0.3) is 45.0 Å². The molecule has 4 aromatic carbocycles. The van der Waals surface area contributed by atoms with Crippen molar-refractivity contribution >= 4 is 26.2 Å². The number of hydrogen-bond donors (Lipinski definition) is 2. The quantitative estimate of drug-likeness (QED) is 0.151. The van der Waals surface area contributed by atoms with Crippen LogP contribution in [0.3, 0.4) is 0 Å². The molecule has 0 aliphatic carbocycles. The van der Waals surface area contributed by atoms with Crippen molar-refractivity contribution in [2.24, 2.45) is 7.05 Å². The standard InChI is InChI=1S/C18H18N4.C17H16N4.C2H6O3S.CH4O3S.CH4/c1-12-4-8-14(9-5-12)16-17(21-22(3)18(19)20-16)15-10-6-13(2)7-11-15;1-11-3-7-13(8-4-11)15-16(20-21-17(18)19-15)14-9-5-12(2)6-10-14;1-5-6(2,3)4;1-5(2,3)4;/h4-11,19H,1-3H3;3-10H,1-2H3,(H2,18,19,21);1-2H3;1H3,(H,2,3,4);1H4/p-1. The SMILES string of the molecule is C.COS(C)(=O)=O.CS(=O)(=O)[O-].Cc1ccc(-c2nc(=N)n(C)nc2-c2ccc(C)cc2)cc1.Cc1ccc(-c2nnc(N)nc2-c2ccc(C)cc2)cc1. The third-order valence-corrected chi connectivity index (χ3v) is 7.91. The molecule has 0 amide bonds. The number of nitrogens with one attached hydrogen (secondary N) is 1. The maximum Gasteiger partial charge on any atom is 0.264 e. The molecule has 0 fully saturated rings. The maximum atomic E-state index is 9.78. The fourth-order valence-corrected chi connectivity index (χ4v) is 4.45. The van der Waals surface area contributed by atoms with E-state index in [0.29, 0.717) is 6.26 Å². The van der Waals surface area contributed by atoms with E-state index in [-0.39, 0.29) is 19.0 Å². The summed E-state index contributed by atoms with van der Waals surface area (Å²) in [6, 6.07) is 32.6. The molecule has 2 aromatic heterocycles. The first-order valence-corrected chi connectivity index (χ1v) is 19.8. The van der Waals surface area contributed by atoms with Crippen molar-refractivity contribution in [3.05, 3.63) is 125 Å². The fourth-order valence-electron chi connectivity index (χ4n) is 4.45. The first kappa shape index (κ1) is 45.5. The third-order valence-electron chi connectivity index (χ3n) is 7.30. The third kappa shape index (κ3) is 15.3. The normalized spacial score (nSPS) is 10.6. The van der Waals surface area contributed by atoms with Crippen LogP contribution in [0.2, 0.25) is 0 Å². The predicted octanol–water partition coefficient (Wildman–Crippen LogP) is 6.04. The molecular formula is C39H47N8O6S2-. The average Bonchev–Trinajstić information content (AvgIpc) is 3.10. The summed E-state index contributed by atoms with van der Waals surface area (Å²) in [5.74, 6) is 0.182. The van der Waals surface area contributed by atoms with Gasteiger partial charge in [0.25, 0.3) is 10.1 Å². The molecule has 0 atom stereocenters. The van der Waals surface area contributed by atoms with Crippen molar-refractivity contribution in [3.8, 4) is 45.0 Å². The van der Waals surface area contributed by atoms with Crippen molar-refractivity contribution in [2.45, 2.75) is 35.1 Å². The summed E-state index contributed by atoms with van der Waals surface area (Å²) in [6.07, 6.45) is 1.60. The molecule has 0 aliphatic rings. The number of anilines is 1. The lowest BCUT2D eigenvalue weighted by Gasteiger charge is -2.10. The zero-order valence-electron chi connectivity index (χ0n) is 31.3. The van der Waals surface area contributed by atoms with Gasteiger partial charge in [-0.25, -0.2) is 23.1 Å². The molecule has 6 rings (SSSR count). The first-order chi connectivity index (χ1) is 25.2. The van der Waals surface area contributed by atoms with Gasteiger partial charge in [0.2, 0.25) is 11.6 Å². The van der Waals surface area contributed by atoms with Crippen LogP contribution in [0, 0.1) is 33.1 Å². The molecule has 292 valence electrons. The Bertz CT molecular complexity index is 2430. The summed E-state index contributed by atoms with van der Waals surface area (Å²) in [5, 5.41) is 20.6. The van der Waals surface area contributed by atoms with Crippen LogP contribution in [-0.4, -0.2) is 71.0 Å². The average molecular weight is 788 g/mol. The number of nitrogens with zero attached hydrogens (tertiary/aromatic N) is 6. The van der Waals surface area contributed by atoms with Crippen LogP contribution in [-0.2, 0) is 31.5 Å². The van der Waals surface area contributed by atoms with Gasteiger partial charge in [0, 0.05) is 35.6 Å². The van der Waals surface area contributed by atoms with E-state index in [1.807, 2.05) is 84.9 Å². The van der Waals surface area contributed by atoms with E-state index in [1.54, 1.807) is 7.05 Å². The van der Waals surface area contributed by atoms with Gasteiger partial charge in [-0.1, -0.05) is 127 Å². The number of aromatic nitrogens is 6. The van der Waals surface area contributed by atoms with E-state index in [1.165, 1.54) is 26.9 Å². The van der Waals surface area contributed by atoms with E-state index >= 15 is 0 Å². The van der Waals surface area contributed by atoms with E-state index in [9.17, 15) is 8.42 Å². The molecule has 0 saturated heterocycles. The Morgan fingerprint density at radius 3 is 1.22 bits per heavy atom. The minimum Gasteiger partial charge on any atom is -0.748 e. The van der Waals surface area contributed by atoms with Gasteiger partial charge in [0.05, 0.1) is 23.5 Å². The van der Waals surface area contributed by atoms with Gasteiger partial charge in [-0.05, 0) is 27.7 Å². The van der Waals surface area contributed by atoms with Crippen LogP contribution in [0.4, 0.5) is 5.95 Å². The molecule has 16 heteroatoms. The number of benzene rings is 4. The number of nitrogens with two attached hydrogens (primary N) is 1. The second-order valence-corrected chi connectivity index (χ2v) is 15.3. The molecular weight excluding hydrogens is 741 g/mol. The van der Waals surface area contributed by atoms with Crippen molar-refractivity contribution in [2.75, 3.05) is 25.4 Å². The van der Waals surface area contributed by atoms with Gasteiger partial charge in [0.15, 0.2) is 0 Å². The molecule has 14 nitrogen and oxygen atoms in total. The molecule has 0 bridgehead atoms. The second-order valence-electron chi connectivity index (χ2n) is 12.2. The van der Waals surface area contributed by atoms with Crippen LogP contribution in [0.15, 0.2) is 97.1 Å². The van der Waals surface area contributed by atoms with Crippen molar-refractivity contribution in [1.82, 2.24) is 29.9 Å². The highest BCUT2D eigenvalue weighted by atomic mass is 32.2. The van der Waals surface area contributed by atoms with Crippen LogP contribution in [0.1, 0.15) is 29.7 Å². The largest absolute Gasteiger partial charge is 0.748 e. The van der Waals surface area contributed by atoms with Crippen LogP contribution in [0.5, 0.6) is 0 Å². The molecule has 55 heavy (non-hydrogen) atoms. The summed E-state index contributed by atoms with van der Waals surface area (Å²) in [7, 11) is -4.22. The van der Waals surface area contributed by atoms with Crippen molar-refractivity contribution < 1.29 is 25.6 Å². The maximum absolute atomic E-state index is 9.78. The molecule has 3 N–H and O–H groups in total. The molecule has 0 saturated carbocycles. The van der Waals surface area contributed by atoms with Gasteiger partial charge in [-0.2, -0.15) is 13.5 Å². The summed E-state index contributed by atoms with van der Waals surface area (Å²) in [4.78, 5) is 8.81. The van der Waals surface area contributed by atoms with Gasteiger partial charge in [-0.15, -0.1) is 10.2 Å². The van der Waals surface area contributed by atoms with Gasteiger partial charge in [-0.3, -0.25) is 9.59 Å². The Labute approximate surface area is 323 Å². The van der Waals surface area contributed by atoms with Gasteiger partial charge in [0.1, 0.15) is 22.8 Å². The monoisotopic (exact) mass is 787 g/mol. The van der Waals surface area contributed by atoms with E-state index in [2.05, 4.69) is 69.3 Å². The molecule has 2 heterocycles. The molecule has 0 aliphatic heterocycles. The van der Waals surface area contributed by atoms with Gasteiger partial charge < -0.3 is 10.3 Å². The topological polar surface area (TPSA) is 220 Å². The molecule has 0 spiro atoms. The Balaban J connectivity index is 0.000000296. The minimum atomic E-state index is -3.92. The zero-order valence-corrected chi connectivity index (χ0v) is 32.9. The highest BCUT2D eigenvalue weighted by Gasteiger charge is 2.14. The Morgan fingerprint density at radius 2 is 0.891 bits per heavy atom. The van der Waals surface area contributed by atoms with Crippen LogP contribution < -0.4 is 11.4 Å². The second kappa shape index (κ2) is 20.1. The Kier molecular flexibility index (Phi) is 16.6. The number of rotatable bonds is 5. The Morgan fingerprint density at radius 1 is 0.600 bits per heavy atom. The number of nitrogen functional groups attached to an aromatic ring is 1.